The molecular weight excluding hydrogens is 327 g/mol. The van der Waals surface area contributed by atoms with E-state index in [0.717, 1.165) is 0 Å². The van der Waals surface area contributed by atoms with E-state index in [0.29, 0.717) is 0 Å². The maximum Gasteiger partial charge on any atom is 3.00 e. The van der Waals surface area contributed by atoms with Crippen molar-refractivity contribution in [3.63, 3.8) is 0 Å². The predicted molar refractivity (Wildman–Crippen MR) is 22.8 cm³/mol. The number of hydrogen-bond donors (Lipinski definition) is 0. The number of hydrogen-bond acceptors (Lipinski definition) is 9. The van der Waals surface area contributed by atoms with Gasteiger partial charge in [0.1, 0.15) is 0 Å². The smallest absolute Gasteiger partial charge is 0.598 e. The molecule has 0 aliphatic heterocycles. The first-order chi connectivity index (χ1) is 5.20. The summed E-state index contributed by atoms with van der Waals surface area (Å²) >= 11 is 0. The summed E-state index contributed by atoms with van der Waals surface area (Å²) in [5, 5.41) is 0. The molecule has 0 amide bonds. The Morgan fingerprint density at radius 1 is 0.500 bits per heavy atom. The van der Waals surface area contributed by atoms with E-state index in [1.165, 1.54) is 0 Å². The van der Waals surface area contributed by atoms with Gasteiger partial charge in [0.15, 0.2) is 0 Å². The molecule has 0 unspecified atom stereocenters. The predicted octanol–water partition coefficient (Wildman–Crippen LogP) is -4.91. The Bertz CT molecular complexity index is 116. The molecule has 9 nitrogen and oxygen atoms in total. The zero-order chi connectivity index (χ0) is 10.7. The molecule has 14 heavy (non-hydrogen) atoms. The van der Waals surface area contributed by atoms with Crippen LogP contribution < -0.4 is 29.4 Å². The first-order valence-electron chi connectivity index (χ1n) is 1.64. The molecule has 0 spiro atoms. The third-order valence-corrected chi connectivity index (χ3v) is 0. The van der Waals surface area contributed by atoms with Crippen LogP contribution in [0.2, 0.25) is 0 Å². The second-order valence-electron chi connectivity index (χ2n) is 0.671. The zero-order valence-corrected chi connectivity index (χ0v) is 12.5. The molecule has 0 heterocycles. The van der Waals surface area contributed by atoms with Gasteiger partial charge in [-0.2, -0.15) is 0 Å². The molecule has 0 aromatic heterocycles. The van der Waals surface area contributed by atoms with E-state index in [2.05, 4.69) is 0 Å². The molecule has 0 fully saturated rings. The molecule has 0 rings (SSSR count). The second-order valence-corrected chi connectivity index (χ2v) is 2.01. The molecule has 0 aromatic rings. The Labute approximate surface area is 119 Å². The third kappa shape index (κ3) is 698. The van der Waals surface area contributed by atoms with Gasteiger partial charge in [0.25, 0.3) is 24.8 Å². The minimum atomic E-state index is -3.37. The average Bonchev–Trinajstić information content (AvgIpc) is 1.54. The summed E-state index contributed by atoms with van der Waals surface area (Å²) in [6.07, 6.45) is 0. The van der Waals surface area contributed by atoms with Gasteiger partial charge in [0, 0.05) is 0 Å². The fourth-order valence-electron chi connectivity index (χ4n) is 0. The summed E-state index contributed by atoms with van der Waals surface area (Å²) in [5.74, 6) is 0. The molecule has 0 N–H and O–H groups in total. The maximum absolute atomic E-state index is 8.48. The van der Waals surface area contributed by atoms with Gasteiger partial charge in [-0.3, -0.25) is 0 Å². The fourth-order valence-corrected chi connectivity index (χ4v) is 0. The molecule has 0 aliphatic rings. The van der Waals surface area contributed by atoms with Gasteiger partial charge in [0.2, 0.25) is 0 Å². The van der Waals surface area contributed by atoms with E-state index in [9.17, 15) is 0 Å². The summed E-state index contributed by atoms with van der Waals surface area (Å²) < 4.78 is 25.4. The van der Waals surface area contributed by atoms with Gasteiger partial charge in [-0.25, -0.2) is 0 Å². The first kappa shape index (κ1) is 29.7. The van der Waals surface area contributed by atoms with E-state index < -0.39 is 24.8 Å². The fraction of sp³-hybridized carbons (Fsp3) is 0. The largest absolute Gasteiger partial charge is 3.00 e. The van der Waals surface area contributed by atoms with Gasteiger partial charge in [-0.15, -0.1) is 0 Å². The molecule has 14 heteroatoms. The average molecular weight is 327 g/mol. The van der Waals surface area contributed by atoms with Crippen LogP contribution in [0.5, 0.6) is 0 Å². The molecule has 0 saturated carbocycles. The quantitative estimate of drug-likeness (QED) is 0.392. The standard InChI is InChI=1S/3HO3P.2Sc/c3*1-4(2)3;;/h3*(H,1,2,3);;/q;;;2*+3/p-3. The van der Waals surface area contributed by atoms with Gasteiger partial charge in [0.05, 0.1) is 0 Å². The minimum Gasteiger partial charge on any atom is -0.598 e. The van der Waals surface area contributed by atoms with E-state index in [4.69, 9.17) is 43.1 Å². The van der Waals surface area contributed by atoms with Crippen LogP contribution in [0.1, 0.15) is 0 Å². The second kappa shape index (κ2) is 24.2. The summed E-state index contributed by atoms with van der Waals surface area (Å²) in [6, 6.07) is 0. The van der Waals surface area contributed by atoms with E-state index >= 15 is 0 Å². The molecular formula is O9P3Sc2+3. The molecule has 0 radical (unpaired) electrons. The van der Waals surface area contributed by atoms with Crippen molar-refractivity contribution in [3.8, 4) is 0 Å². The maximum atomic E-state index is 8.48. The van der Waals surface area contributed by atoms with Crippen LogP contribution in [0.4, 0.5) is 0 Å². The zero-order valence-electron chi connectivity index (χ0n) is 6.17. The summed E-state index contributed by atoms with van der Waals surface area (Å²) in [5.41, 5.74) is 0. The molecule has 0 saturated heterocycles. The first-order valence-corrected chi connectivity index (χ1v) is 4.93. The van der Waals surface area contributed by atoms with Crippen molar-refractivity contribution in [2.75, 3.05) is 0 Å². The van der Waals surface area contributed by atoms with Crippen LogP contribution in [-0.4, -0.2) is 0 Å². The molecule has 72 valence electrons. The monoisotopic (exact) mass is 327 g/mol. The van der Waals surface area contributed by atoms with Crippen LogP contribution in [0.3, 0.4) is 0 Å². The van der Waals surface area contributed by atoms with E-state index in [1.54, 1.807) is 0 Å². The molecule has 0 aliphatic carbocycles. The Hall–Kier alpha value is 1.80. The van der Waals surface area contributed by atoms with E-state index in [-0.39, 0.29) is 51.7 Å². The molecule has 0 aromatic carbocycles. The SMILES string of the molecule is O=[P+]([O-])[O-].O=[P+]([O-])[O-].O=[P+]([O-])[O-].[Sc+3].[Sc+3]. The van der Waals surface area contributed by atoms with Gasteiger partial charge < -0.3 is 29.4 Å². The normalized spacial score (nSPS) is 5.57. The van der Waals surface area contributed by atoms with Gasteiger partial charge in [-0.1, -0.05) is 13.7 Å². The summed E-state index contributed by atoms with van der Waals surface area (Å²) in [7, 11) is -10.1. The Kier molecular flexibility index (Phi) is 51.2. The van der Waals surface area contributed by atoms with Crippen molar-refractivity contribution >= 4 is 24.8 Å². The van der Waals surface area contributed by atoms with Crippen molar-refractivity contribution in [2.45, 2.75) is 0 Å². The van der Waals surface area contributed by atoms with Crippen molar-refractivity contribution in [1.82, 2.24) is 0 Å². The van der Waals surface area contributed by atoms with Crippen LogP contribution >= 0.6 is 24.8 Å². The van der Waals surface area contributed by atoms with Crippen molar-refractivity contribution in [2.24, 2.45) is 0 Å². The van der Waals surface area contributed by atoms with Gasteiger partial charge >= 0.3 is 51.7 Å². The molecule has 0 atom stereocenters. The molecule has 0 bridgehead atoms. The summed E-state index contributed by atoms with van der Waals surface area (Å²) in [4.78, 5) is 50.9. The summed E-state index contributed by atoms with van der Waals surface area (Å²) in [6.45, 7) is 0. The Balaban J connectivity index is -0.0000000270. The van der Waals surface area contributed by atoms with Crippen LogP contribution in [0, 0.1) is 0 Å². The van der Waals surface area contributed by atoms with Gasteiger partial charge in [-0.05, 0) is 0 Å². The minimum absolute atomic E-state index is 0. The third-order valence-electron chi connectivity index (χ3n) is 0. The Morgan fingerprint density at radius 2 is 0.500 bits per heavy atom. The van der Waals surface area contributed by atoms with Crippen LogP contribution in [0.25, 0.3) is 0 Å². The topological polar surface area (TPSA) is 190 Å². The Morgan fingerprint density at radius 3 is 0.500 bits per heavy atom. The van der Waals surface area contributed by atoms with Crippen molar-refractivity contribution < 1.29 is 94.7 Å². The van der Waals surface area contributed by atoms with Crippen molar-refractivity contribution in [1.29, 1.82) is 0 Å². The van der Waals surface area contributed by atoms with Crippen LogP contribution in [-0.2, 0) is 65.4 Å². The van der Waals surface area contributed by atoms with E-state index in [1.807, 2.05) is 0 Å². The number of rotatable bonds is 0. The van der Waals surface area contributed by atoms with Crippen molar-refractivity contribution in [3.05, 3.63) is 0 Å². The van der Waals surface area contributed by atoms with Crippen LogP contribution in [0.15, 0.2) is 0 Å².